The van der Waals surface area contributed by atoms with Gasteiger partial charge in [-0.1, -0.05) is 35.4 Å². The van der Waals surface area contributed by atoms with Crippen LogP contribution in [-0.2, 0) is 22.3 Å². The molecule has 1 aromatic heterocycles. The Balaban J connectivity index is 2.14. The van der Waals surface area contributed by atoms with Crippen molar-refractivity contribution < 1.29 is 13.2 Å². The van der Waals surface area contributed by atoms with Gasteiger partial charge in [-0.3, -0.25) is 4.57 Å². The number of benzene rings is 1. The molecule has 120 valence electrons. The summed E-state index contributed by atoms with van der Waals surface area (Å²) in [7, 11) is -1.97. The molecule has 0 radical (unpaired) electrons. The third kappa shape index (κ3) is 3.83. The van der Waals surface area contributed by atoms with Crippen molar-refractivity contribution in [2.24, 2.45) is 0 Å². The fraction of sp³-hybridized carbons (Fsp3) is 0.429. The van der Waals surface area contributed by atoms with Crippen molar-refractivity contribution in [3.63, 3.8) is 0 Å². The number of methoxy groups -OCH3 is 1. The highest BCUT2D eigenvalue weighted by Crippen LogP contribution is 2.18. The highest BCUT2D eigenvalue weighted by Gasteiger charge is 2.22. The van der Waals surface area contributed by atoms with E-state index >= 15 is 0 Å². The summed E-state index contributed by atoms with van der Waals surface area (Å²) in [5.74, 6) is 0.450. The van der Waals surface area contributed by atoms with E-state index in [9.17, 15) is 8.42 Å². The Kier molecular flexibility index (Phi) is 5.15. The third-order valence-electron chi connectivity index (χ3n) is 3.19. The molecular weight excluding hydrogens is 304 g/mol. The van der Waals surface area contributed by atoms with E-state index in [1.807, 2.05) is 25.1 Å². The normalized spacial score (nSPS) is 13.0. The van der Waals surface area contributed by atoms with Crippen molar-refractivity contribution >= 4 is 10.0 Å². The lowest BCUT2D eigenvalue weighted by molar-refractivity contribution is 0.354. The van der Waals surface area contributed by atoms with Crippen LogP contribution in [0.25, 0.3) is 0 Å². The van der Waals surface area contributed by atoms with Gasteiger partial charge in [0.1, 0.15) is 0 Å². The van der Waals surface area contributed by atoms with Crippen LogP contribution in [0.5, 0.6) is 6.01 Å². The van der Waals surface area contributed by atoms with Crippen LogP contribution >= 0.6 is 0 Å². The second-order valence-electron chi connectivity index (χ2n) is 4.87. The first-order valence-corrected chi connectivity index (χ1v) is 8.63. The van der Waals surface area contributed by atoms with Gasteiger partial charge in [0, 0.05) is 6.54 Å². The van der Waals surface area contributed by atoms with Crippen molar-refractivity contribution in [2.75, 3.05) is 7.11 Å². The van der Waals surface area contributed by atoms with E-state index in [0.717, 1.165) is 5.56 Å². The zero-order chi connectivity index (χ0) is 16.2. The summed E-state index contributed by atoms with van der Waals surface area (Å²) in [4.78, 5) is 0. The van der Waals surface area contributed by atoms with E-state index in [4.69, 9.17) is 4.74 Å². The maximum absolute atomic E-state index is 12.3. The Morgan fingerprint density at radius 2 is 1.95 bits per heavy atom. The van der Waals surface area contributed by atoms with E-state index in [0.29, 0.717) is 18.4 Å². The molecule has 0 aliphatic rings. The smallest absolute Gasteiger partial charge is 0.316 e. The number of sulfonamides is 1. The Labute approximate surface area is 130 Å². The number of aromatic nitrogens is 3. The first-order valence-electron chi connectivity index (χ1n) is 6.98. The molecule has 7 nitrogen and oxygen atoms in total. The molecule has 0 aliphatic carbocycles. The summed E-state index contributed by atoms with van der Waals surface area (Å²) in [6, 6.07) is 8.90. The third-order valence-corrected chi connectivity index (χ3v) is 4.61. The molecule has 2 rings (SSSR count). The molecular formula is C14H20N4O3S. The molecule has 1 aromatic carbocycles. The van der Waals surface area contributed by atoms with E-state index in [2.05, 4.69) is 14.9 Å². The largest absolute Gasteiger partial charge is 0.467 e. The lowest BCUT2D eigenvalue weighted by Crippen LogP contribution is -2.30. The summed E-state index contributed by atoms with van der Waals surface area (Å²) in [5.41, 5.74) is 0.733. The van der Waals surface area contributed by atoms with Gasteiger partial charge in [0.25, 0.3) is 0 Å². The van der Waals surface area contributed by atoms with Gasteiger partial charge in [-0.05, 0) is 19.4 Å². The van der Waals surface area contributed by atoms with Crippen molar-refractivity contribution in [3.05, 3.63) is 41.7 Å². The predicted molar refractivity (Wildman–Crippen MR) is 82.9 cm³/mol. The lowest BCUT2D eigenvalue weighted by Gasteiger charge is -2.15. The van der Waals surface area contributed by atoms with Crippen molar-refractivity contribution in [1.29, 1.82) is 0 Å². The molecule has 0 amide bonds. The fourth-order valence-electron chi connectivity index (χ4n) is 2.23. The van der Waals surface area contributed by atoms with Crippen molar-refractivity contribution in [2.45, 2.75) is 32.2 Å². The number of hydrogen-bond donors (Lipinski definition) is 1. The summed E-state index contributed by atoms with van der Waals surface area (Å²) in [6.45, 7) is 4.25. The maximum Gasteiger partial charge on any atom is 0.316 e. The van der Waals surface area contributed by atoms with Crippen LogP contribution in [0, 0.1) is 0 Å². The molecule has 0 unspecified atom stereocenters. The Morgan fingerprint density at radius 3 is 2.55 bits per heavy atom. The SMILES string of the molecule is CCn1c(OC)nnc1[C@@H](C)NS(=O)(=O)Cc1ccccc1. The zero-order valence-corrected chi connectivity index (χ0v) is 13.7. The standard InChI is InChI=1S/C14H20N4O3S/c1-4-18-13(15-16-14(18)21-3)11(2)17-22(19,20)10-12-8-6-5-7-9-12/h5-9,11,17H,4,10H2,1-3H3/t11-/m1/s1. The molecule has 0 fully saturated rings. The van der Waals surface area contributed by atoms with Crippen LogP contribution in [0.1, 0.15) is 31.3 Å². The second-order valence-corrected chi connectivity index (χ2v) is 6.63. The minimum atomic E-state index is -3.48. The molecule has 1 N–H and O–H groups in total. The number of rotatable bonds is 7. The highest BCUT2D eigenvalue weighted by atomic mass is 32.2. The predicted octanol–water partition coefficient (Wildman–Crippen LogP) is 1.49. The second kappa shape index (κ2) is 6.89. The van der Waals surface area contributed by atoms with E-state index in [-0.39, 0.29) is 5.75 Å². The van der Waals surface area contributed by atoms with Crippen molar-refractivity contribution in [1.82, 2.24) is 19.5 Å². The summed E-state index contributed by atoms with van der Waals surface area (Å²) < 4.78 is 34.0. The summed E-state index contributed by atoms with van der Waals surface area (Å²) >= 11 is 0. The maximum atomic E-state index is 12.3. The lowest BCUT2D eigenvalue weighted by atomic mass is 10.2. The van der Waals surface area contributed by atoms with Gasteiger partial charge < -0.3 is 4.74 Å². The Bertz CT molecular complexity index is 713. The molecule has 8 heteroatoms. The highest BCUT2D eigenvalue weighted by molar-refractivity contribution is 7.88. The van der Waals surface area contributed by atoms with Gasteiger partial charge in [-0.2, -0.15) is 0 Å². The molecule has 0 saturated heterocycles. The van der Waals surface area contributed by atoms with Crippen LogP contribution in [0.15, 0.2) is 30.3 Å². The minimum Gasteiger partial charge on any atom is -0.467 e. The van der Waals surface area contributed by atoms with Crippen molar-refractivity contribution in [3.8, 4) is 6.01 Å². The van der Waals surface area contributed by atoms with Gasteiger partial charge in [-0.15, -0.1) is 5.10 Å². The Hall–Kier alpha value is -1.93. The van der Waals surface area contributed by atoms with Gasteiger partial charge in [-0.25, -0.2) is 13.1 Å². The van der Waals surface area contributed by atoms with E-state index in [1.54, 1.807) is 23.6 Å². The minimum absolute atomic E-state index is 0.0738. The first kappa shape index (κ1) is 16.4. The molecule has 0 spiro atoms. The fourth-order valence-corrected chi connectivity index (χ4v) is 3.58. The van der Waals surface area contributed by atoms with Crippen LogP contribution < -0.4 is 9.46 Å². The Morgan fingerprint density at radius 1 is 1.27 bits per heavy atom. The van der Waals surface area contributed by atoms with Crippen LogP contribution in [0.3, 0.4) is 0 Å². The van der Waals surface area contributed by atoms with Crippen LogP contribution in [0.4, 0.5) is 0 Å². The molecule has 2 aromatic rings. The summed E-state index contributed by atoms with van der Waals surface area (Å²) in [6.07, 6.45) is 0. The number of hydrogen-bond acceptors (Lipinski definition) is 5. The molecule has 22 heavy (non-hydrogen) atoms. The number of nitrogens with one attached hydrogen (secondary N) is 1. The van der Waals surface area contributed by atoms with Crippen LogP contribution in [-0.4, -0.2) is 30.3 Å². The molecule has 1 atom stereocenters. The van der Waals surface area contributed by atoms with E-state index < -0.39 is 16.1 Å². The average Bonchev–Trinajstić information content (AvgIpc) is 2.90. The first-order chi connectivity index (χ1) is 10.5. The van der Waals surface area contributed by atoms with Crippen LogP contribution in [0.2, 0.25) is 0 Å². The molecule has 0 saturated carbocycles. The molecule has 0 aliphatic heterocycles. The molecule has 1 heterocycles. The van der Waals surface area contributed by atoms with Gasteiger partial charge in [0.2, 0.25) is 10.0 Å². The average molecular weight is 324 g/mol. The monoisotopic (exact) mass is 324 g/mol. The van der Waals surface area contributed by atoms with Gasteiger partial charge in [0.15, 0.2) is 5.82 Å². The number of ether oxygens (including phenoxy) is 1. The van der Waals surface area contributed by atoms with Gasteiger partial charge in [0.05, 0.1) is 18.9 Å². The van der Waals surface area contributed by atoms with E-state index in [1.165, 1.54) is 7.11 Å². The quantitative estimate of drug-likeness (QED) is 0.834. The number of nitrogens with zero attached hydrogens (tertiary/aromatic N) is 3. The molecule has 0 bridgehead atoms. The van der Waals surface area contributed by atoms with Gasteiger partial charge >= 0.3 is 6.01 Å². The zero-order valence-electron chi connectivity index (χ0n) is 12.9. The summed E-state index contributed by atoms with van der Waals surface area (Å²) in [5, 5.41) is 7.91. The topological polar surface area (TPSA) is 86.1 Å².